The van der Waals surface area contributed by atoms with Crippen molar-refractivity contribution in [3.05, 3.63) is 47.3 Å². The fourth-order valence-corrected chi connectivity index (χ4v) is 4.55. The molecule has 2 saturated heterocycles. The van der Waals surface area contributed by atoms with Crippen molar-refractivity contribution in [2.45, 2.75) is 34.8 Å². The zero-order valence-electron chi connectivity index (χ0n) is 19.3. The first-order valence-electron chi connectivity index (χ1n) is 11.2. The van der Waals surface area contributed by atoms with Crippen molar-refractivity contribution in [3.8, 4) is 0 Å². The summed E-state index contributed by atoms with van der Waals surface area (Å²) in [4.78, 5) is 23.8. The van der Waals surface area contributed by atoms with Crippen molar-refractivity contribution in [1.29, 1.82) is 0 Å². The maximum atomic E-state index is 11.9. The van der Waals surface area contributed by atoms with Crippen LogP contribution in [0.2, 0.25) is 0 Å². The van der Waals surface area contributed by atoms with Crippen LogP contribution >= 0.6 is 23.5 Å². The molecule has 4 N–H and O–H groups in total. The molecule has 0 bridgehead atoms. The van der Waals surface area contributed by atoms with Crippen molar-refractivity contribution in [2.75, 3.05) is 39.6 Å². The van der Waals surface area contributed by atoms with Gasteiger partial charge < -0.3 is 48.7 Å². The average Bonchev–Trinajstić information content (AvgIpc) is 3.69. The SMILES string of the molecule is NC(COC(=O)C(=O)OCC(N)SCc1ccc(C2OCCO2)o1)SCc1ccc(C2OCCO2)o1. The molecular weight excluding hydrogens is 516 g/mol. The van der Waals surface area contributed by atoms with Gasteiger partial charge in [-0.1, -0.05) is 0 Å². The minimum absolute atomic E-state index is 0.170. The normalized spacial score (nSPS) is 18.4. The molecule has 0 saturated carbocycles. The number of hydrogen-bond donors (Lipinski definition) is 2. The smallest absolute Gasteiger partial charge is 0.417 e. The largest absolute Gasteiger partial charge is 0.460 e. The monoisotopic (exact) mass is 544 g/mol. The van der Waals surface area contributed by atoms with Crippen LogP contribution in [0, 0.1) is 0 Å². The summed E-state index contributed by atoms with van der Waals surface area (Å²) in [6.07, 6.45) is -0.971. The Morgan fingerprint density at radius 3 is 1.53 bits per heavy atom. The summed E-state index contributed by atoms with van der Waals surface area (Å²) >= 11 is 2.59. The van der Waals surface area contributed by atoms with Crippen LogP contribution in [-0.2, 0) is 49.5 Å². The van der Waals surface area contributed by atoms with E-state index in [1.807, 2.05) is 0 Å². The molecule has 14 heteroatoms. The van der Waals surface area contributed by atoms with Crippen LogP contribution in [0.4, 0.5) is 0 Å². The summed E-state index contributed by atoms with van der Waals surface area (Å²) < 4.78 is 42.7. The molecule has 0 aliphatic carbocycles. The fourth-order valence-electron chi connectivity index (χ4n) is 3.15. The average molecular weight is 545 g/mol. The molecule has 2 unspecified atom stereocenters. The molecule has 2 fully saturated rings. The minimum Gasteiger partial charge on any atom is -0.460 e. The second-order valence-electron chi connectivity index (χ2n) is 7.65. The number of ether oxygens (including phenoxy) is 6. The third-order valence-electron chi connectivity index (χ3n) is 4.88. The summed E-state index contributed by atoms with van der Waals surface area (Å²) in [7, 11) is 0. The quantitative estimate of drug-likeness (QED) is 0.225. The highest BCUT2D eigenvalue weighted by Crippen LogP contribution is 2.28. The van der Waals surface area contributed by atoms with Gasteiger partial charge in [0.1, 0.15) is 24.7 Å². The lowest BCUT2D eigenvalue weighted by Crippen LogP contribution is -2.31. The molecule has 2 atom stereocenters. The number of thioether (sulfide) groups is 2. The highest BCUT2D eigenvalue weighted by molar-refractivity contribution is 7.99. The van der Waals surface area contributed by atoms with Crippen molar-refractivity contribution < 1.29 is 46.8 Å². The molecule has 2 aromatic rings. The zero-order chi connectivity index (χ0) is 25.3. The van der Waals surface area contributed by atoms with E-state index in [-0.39, 0.29) is 13.2 Å². The molecule has 2 aliphatic heterocycles. The van der Waals surface area contributed by atoms with Crippen LogP contribution in [0.15, 0.2) is 33.1 Å². The van der Waals surface area contributed by atoms with E-state index in [2.05, 4.69) is 0 Å². The molecule has 0 amide bonds. The van der Waals surface area contributed by atoms with E-state index >= 15 is 0 Å². The second kappa shape index (κ2) is 13.5. The molecule has 36 heavy (non-hydrogen) atoms. The number of rotatable bonds is 12. The van der Waals surface area contributed by atoms with Crippen molar-refractivity contribution in [1.82, 2.24) is 0 Å². The van der Waals surface area contributed by atoms with Crippen molar-refractivity contribution in [2.24, 2.45) is 11.5 Å². The van der Waals surface area contributed by atoms with Gasteiger partial charge in [0.25, 0.3) is 0 Å². The maximum Gasteiger partial charge on any atom is 0.417 e. The third-order valence-corrected chi connectivity index (χ3v) is 6.91. The number of furan rings is 2. The highest BCUT2D eigenvalue weighted by atomic mass is 32.2. The Balaban J connectivity index is 1.07. The van der Waals surface area contributed by atoms with Crippen molar-refractivity contribution >= 4 is 35.5 Å². The van der Waals surface area contributed by atoms with E-state index in [9.17, 15) is 9.59 Å². The Bertz CT molecular complexity index is 909. The predicted octanol–water partition coefficient (Wildman–Crippen LogP) is 1.79. The highest BCUT2D eigenvalue weighted by Gasteiger charge is 2.24. The number of carbonyl (C=O) groups is 2. The van der Waals surface area contributed by atoms with E-state index in [1.165, 1.54) is 23.5 Å². The molecule has 0 aromatic carbocycles. The van der Waals surface area contributed by atoms with Gasteiger partial charge in [-0.15, -0.1) is 23.5 Å². The number of carbonyl (C=O) groups excluding carboxylic acids is 2. The maximum absolute atomic E-state index is 11.9. The zero-order valence-corrected chi connectivity index (χ0v) is 21.0. The van der Waals surface area contributed by atoms with Crippen LogP contribution < -0.4 is 11.5 Å². The lowest BCUT2D eigenvalue weighted by molar-refractivity contribution is -0.167. The Morgan fingerprint density at radius 2 is 1.14 bits per heavy atom. The Labute approximate surface area is 215 Å². The summed E-state index contributed by atoms with van der Waals surface area (Å²) in [6, 6.07) is 7.16. The lowest BCUT2D eigenvalue weighted by Gasteiger charge is -2.13. The van der Waals surface area contributed by atoms with Crippen LogP contribution in [0.25, 0.3) is 0 Å². The molecule has 4 heterocycles. The second-order valence-corrected chi connectivity index (χ2v) is 10.1. The number of hydrogen-bond acceptors (Lipinski definition) is 14. The van der Waals surface area contributed by atoms with Gasteiger partial charge in [-0.05, 0) is 24.3 Å². The van der Waals surface area contributed by atoms with E-state index < -0.39 is 35.3 Å². The van der Waals surface area contributed by atoms with Gasteiger partial charge in [0.2, 0.25) is 12.6 Å². The summed E-state index contributed by atoms with van der Waals surface area (Å²) in [5.41, 5.74) is 11.9. The first-order chi connectivity index (χ1) is 17.5. The first-order valence-corrected chi connectivity index (χ1v) is 13.3. The minimum atomic E-state index is -1.13. The predicted molar refractivity (Wildman–Crippen MR) is 127 cm³/mol. The molecule has 4 rings (SSSR count). The van der Waals surface area contributed by atoms with Crippen LogP contribution in [0.5, 0.6) is 0 Å². The molecule has 2 aromatic heterocycles. The Kier molecular flexibility index (Phi) is 10.1. The van der Waals surface area contributed by atoms with Gasteiger partial charge in [-0.3, -0.25) is 0 Å². The Morgan fingerprint density at radius 1 is 0.750 bits per heavy atom. The summed E-state index contributed by atoms with van der Waals surface area (Å²) in [5, 5.41) is -1.13. The third kappa shape index (κ3) is 7.98. The topological polar surface area (TPSA) is 168 Å². The first kappa shape index (κ1) is 27.0. The lowest BCUT2D eigenvalue weighted by atomic mass is 10.4. The van der Waals surface area contributed by atoms with Crippen LogP contribution in [0.3, 0.4) is 0 Å². The van der Waals surface area contributed by atoms with Gasteiger partial charge in [0.15, 0.2) is 11.5 Å². The van der Waals surface area contributed by atoms with E-state index in [0.717, 1.165) is 0 Å². The number of nitrogens with two attached hydrogens (primary N) is 2. The van der Waals surface area contributed by atoms with Crippen molar-refractivity contribution in [3.63, 3.8) is 0 Å². The molecule has 12 nitrogen and oxygen atoms in total. The van der Waals surface area contributed by atoms with Crippen LogP contribution in [-0.4, -0.2) is 62.3 Å². The standard InChI is InChI=1S/C22H28N2O10S2/c23-17(35-11-13-1-3-15(33-13)21-27-5-6-28-21)9-31-19(25)20(26)32-10-18(24)36-12-14-2-4-16(34-14)22-29-7-8-30-22/h1-4,17-18,21-22H,5-12,23-24H2. The molecular formula is C22H28N2O10S2. The number of esters is 2. The molecule has 0 spiro atoms. The Hall–Kier alpha value is -2.04. The van der Waals surface area contributed by atoms with Gasteiger partial charge in [0.05, 0.1) is 48.7 Å². The van der Waals surface area contributed by atoms with E-state index in [1.54, 1.807) is 24.3 Å². The van der Waals surface area contributed by atoms with Gasteiger partial charge in [0, 0.05) is 0 Å². The van der Waals surface area contributed by atoms with Gasteiger partial charge in [-0.25, -0.2) is 9.59 Å². The summed E-state index contributed by atoms with van der Waals surface area (Å²) in [6.45, 7) is 1.76. The van der Waals surface area contributed by atoms with Crippen LogP contribution in [0.1, 0.15) is 35.6 Å². The van der Waals surface area contributed by atoms with Gasteiger partial charge in [-0.2, -0.15) is 0 Å². The van der Waals surface area contributed by atoms with Gasteiger partial charge >= 0.3 is 11.9 Å². The van der Waals surface area contributed by atoms with E-state index in [4.69, 9.17) is 48.7 Å². The fraction of sp³-hybridized carbons (Fsp3) is 0.545. The molecule has 2 aliphatic rings. The van der Waals surface area contributed by atoms with E-state index in [0.29, 0.717) is 61.0 Å². The summed E-state index contributed by atoms with van der Waals surface area (Å²) in [5.74, 6) is 1.14. The molecule has 0 radical (unpaired) electrons. The molecule has 198 valence electrons.